The Bertz CT molecular complexity index is 1310. The van der Waals surface area contributed by atoms with Crippen LogP contribution in [-0.4, -0.2) is 49.3 Å². The van der Waals surface area contributed by atoms with Gasteiger partial charge >= 0.3 is 0 Å². The van der Waals surface area contributed by atoms with Gasteiger partial charge in [-0.1, -0.05) is 46.8 Å². The zero-order valence-electron chi connectivity index (χ0n) is 21.6. The van der Waals surface area contributed by atoms with E-state index in [0.717, 1.165) is 0 Å². The molecule has 0 radical (unpaired) electrons. The first-order chi connectivity index (χ1) is 17.1. The number of aliphatic hydroxyl groups excluding tert-OH is 2. The van der Waals surface area contributed by atoms with E-state index in [9.17, 15) is 39.6 Å². The van der Waals surface area contributed by atoms with Crippen LogP contribution in [0.5, 0.6) is 5.75 Å². The second-order valence-electron chi connectivity index (χ2n) is 11.4. The number of hydrogen-bond donors (Lipinski definition) is 5. The highest BCUT2D eigenvalue weighted by Crippen LogP contribution is 2.59. The van der Waals surface area contributed by atoms with Crippen LogP contribution >= 0.6 is 0 Å². The van der Waals surface area contributed by atoms with E-state index < -0.39 is 75.7 Å². The van der Waals surface area contributed by atoms with Gasteiger partial charge in [0, 0.05) is 42.2 Å². The number of Topliss-reactive ketones (excluding diaryl/α,β-unsaturated/α-hetero) is 3. The summed E-state index contributed by atoms with van der Waals surface area (Å²) < 4.78 is 0. The smallest absolute Gasteiger partial charge is 0.255 e. The van der Waals surface area contributed by atoms with E-state index in [1.165, 1.54) is 0 Å². The third-order valence-electron chi connectivity index (χ3n) is 8.36. The summed E-state index contributed by atoms with van der Waals surface area (Å²) in [6.45, 7) is 9.10. The van der Waals surface area contributed by atoms with Crippen LogP contribution in [0.15, 0.2) is 29.0 Å². The zero-order chi connectivity index (χ0) is 27.8. The summed E-state index contributed by atoms with van der Waals surface area (Å²) in [6, 6.07) is 3.53. The van der Waals surface area contributed by atoms with Gasteiger partial charge in [0.05, 0.1) is 5.56 Å². The molecule has 9 heteroatoms. The van der Waals surface area contributed by atoms with Gasteiger partial charge in [-0.25, -0.2) is 0 Å². The summed E-state index contributed by atoms with van der Waals surface area (Å²) in [5, 5.41) is 45.3. The van der Waals surface area contributed by atoms with Gasteiger partial charge in [0.2, 0.25) is 5.78 Å². The lowest BCUT2D eigenvalue weighted by Crippen LogP contribution is -2.62. The van der Waals surface area contributed by atoms with Gasteiger partial charge in [0.1, 0.15) is 28.6 Å². The number of benzene rings is 1. The number of hydrogen-bond acceptors (Lipinski definition) is 8. The fraction of sp³-hybridized carbons (Fsp3) is 0.500. The standard InChI is InChI=1S/C28H33NO8/c1-6-12(30)9-14-16-10-17(31)20(26(29)36)24(34)28(16,37)25(35)21-18(14)11(2)13-7-8-15(27(3,4)5)22(32)19(13)23(21)33/h7-8,11,14,16,18,32-34,37H,6,9-10H2,1-5H3,(H2,29,36)/t11-,14+,16+,18-,28+/m0/s1. The summed E-state index contributed by atoms with van der Waals surface area (Å²) in [5.41, 5.74) is 2.06. The Morgan fingerprint density at radius 3 is 2.30 bits per heavy atom. The number of rotatable bonds is 4. The van der Waals surface area contributed by atoms with Crippen molar-refractivity contribution in [3.63, 3.8) is 0 Å². The minimum atomic E-state index is -2.74. The van der Waals surface area contributed by atoms with E-state index >= 15 is 0 Å². The van der Waals surface area contributed by atoms with Crippen molar-refractivity contribution >= 4 is 29.0 Å². The van der Waals surface area contributed by atoms with E-state index in [1.54, 1.807) is 26.0 Å². The lowest BCUT2D eigenvalue weighted by Gasteiger charge is -2.52. The minimum absolute atomic E-state index is 0.0487. The predicted octanol–water partition coefficient (Wildman–Crippen LogP) is 2.88. The molecule has 3 aliphatic rings. The predicted molar refractivity (Wildman–Crippen MR) is 134 cm³/mol. The molecule has 0 bridgehead atoms. The van der Waals surface area contributed by atoms with Crippen LogP contribution in [0.3, 0.4) is 0 Å². The van der Waals surface area contributed by atoms with Crippen molar-refractivity contribution in [3.8, 4) is 5.75 Å². The van der Waals surface area contributed by atoms with Crippen LogP contribution in [-0.2, 0) is 24.6 Å². The van der Waals surface area contributed by atoms with Crippen molar-refractivity contribution in [3.05, 3.63) is 45.7 Å². The molecule has 1 aromatic rings. The monoisotopic (exact) mass is 511 g/mol. The Hall–Kier alpha value is -3.46. The molecule has 9 nitrogen and oxygen atoms in total. The molecule has 0 saturated heterocycles. The molecule has 1 aromatic carbocycles. The number of aromatic hydroxyl groups is 1. The Morgan fingerprint density at radius 1 is 1.14 bits per heavy atom. The average Bonchev–Trinajstić information content (AvgIpc) is 2.79. The number of primary amides is 1. The Morgan fingerprint density at radius 2 is 1.76 bits per heavy atom. The normalized spacial score (nSPS) is 29.6. The topological polar surface area (TPSA) is 175 Å². The molecule has 0 spiro atoms. The molecule has 37 heavy (non-hydrogen) atoms. The molecule has 0 unspecified atom stereocenters. The van der Waals surface area contributed by atoms with E-state index in [0.29, 0.717) is 11.1 Å². The average molecular weight is 512 g/mol. The molecule has 1 saturated carbocycles. The number of fused-ring (bicyclic) bond motifs is 3. The largest absolute Gasteiger partial charge is 0.508 e. The highest BCUT2D eigenvalue weighted by Gasteiger charge is 2.65. The number of phenolic OH excluding ortho intramolecular Hbond substituents is 1. The Kier molecular flexibility index (Phi) is 6.14. The van der Waals surface area contributed by atoms with Gasteiger partial charge in [0.25, 0.3) is 5.91 Å². The van der Waals surface area contributed by atoms with Crippen LogP contribution < -0.4 is 5.73 Å². The lowest BCUT2D eigenvalue weighted by atomic mass is 9.51. The first-order valence-corrected chi connectivity index (χ1v) is 12.4. The molecule has 1 amide bonds. The third-order valence-corrected chi connectivity index (χ3v) is 8.36. The van der Waals surface area contributed by atoms with Gasteiger partial charge in [-0.3, -0.25) is 19.2 Å². The van der Waals surface area contributed by atoms with Crippen molar-refractivity contribution in [1.82, 2.24) is 0 Å². The Balaban J connectivity index is 2.06. The van der Waals surface area contributed by atoms with E-state index in [1.807, 2.05) is 20.8 Å². The number of carbonyl (C=O) groups is 4. The maximum atomic E-state index is 14.0. The van der Waals surface area contributed by atoms with E-state index in [4.69, 9.17) is 5.73 Å². The summed E-state index contributed by atoms with van der Waals surface area (Å²) in [5.74, 6) is -8.67. The first kappa shape index (κ1) is 26.6. The fourth-order valence-corrected chi connectivity index (χ4v) is 6.49. The lowest BCUT2D eigenvalue weighted by molar-refractivity contribution is -0.155. The summed E-state index contributed by atoms with van der Waals surface area (Å²) in [4.78, 5) is 51.4. The van der Waals surface area contributed by atoms with Crippen molar-refractivity contribution in [2.45, 2.75) is 70.8 Å². The van der Waals surface area contributed by atoms with Gasteiger partial charge < -0.3 is 26.2 Å². The number of nitrogens with two attached hydrogens (primary N) is 1. The minimum Gasteiger partial charge on any atom is -0.508 e. The highest BCUT2D eigenvalue weighted by molar-refractivity contribution is 6.23. The molecule has 4 rings (SSSR count). The van der Waals surface area contributed by atoms with Gasteiger partial charge in [-0.2, -0.15) is 0 Å². The quantitative estimate of drug-likeness (QED) is 0.383. The fourth-order valence-electron chi connectivity index (χ4n) is 6.49. The van der Waals surface area contributed by atoms with Crippen LogP contribution in [0.25, 0.3) is 5.76 Å². The maximum absolute atomic E-state index is 14.0. The van der Waals surface area contributed by atoms with Crippen molar-refractivity contribution in [1.29, 1.82) is 0 Å². The number of amides is 1. The molecule has 1 fully saturated rings. The second-order valence-corrected chi connectivity index (χ2v) is 11.4. The molecule has 0 heterocycles. The van der Waals surface area contributed by atoms with Crippen LogP contribution in [0, 0.1) is 17.8 Å². The molecular weight excluding hydrogens is 478 g/mol. The number of ketones is 3. The maximum Gasteiger partial charge on any atom is 0.255 e. The second kappa shape index (κ2) is 8.55. The SMILES string of the molecule is CCC(=O)C[C@H]1[C@H]2C(=C(O)c3c(ccc(C(C)(C)C)c3O)[C@@H]2C)C(=O)[C@]2(O)C(O)=C(C(N)=O)C(=O)C[C@H]12. The van der Waals surface area contributed by atoms with Gasteiger partial charge in [-0.05, 0) is 22.8 Å². The van der Waals surface area contributed by atoms with E-state index in [-0.39, 0.29) is 35.5 Å². The number of carbonyl (C=O) groups excluding carboxylic acids is 4. The molecular formula is C28H33NO8. The van der Waals surface area contributed by atoms with E-state index in [2.05, 4.69) is 0 Å². The molecule has 6 N–H and O–H groups in total. The highest BCUT2D eigenvalue weighted by atomic mass is 16.3. The molecule has 0 aromatic heterocycles. The summed E-state index contributed by atoms with van der Waals surface area (Å²) in [7, 11) is 0. The molecule has 3 aliphatic carbocycles. The number of aliphatic hydroxyl groups is 3. The van der Waals surface area contributed by atoms with Crippen molar-refractivity contribution in [2.24, 2.45) is 23.5 Å². The van der Waals surface area contributed by atoms with Crippen LogP contribution in [0.4, 0.5) is 0 Å². The van der Waals surface area contributed by atoms with Gasteiger partial charge in [0.15, 0.2) is 11.4 Å². The Labute approximate surface area is 214 Å². The van der Waals surface area contributed by atoms with Crippen LogP contribution in [0.2, 0.25) is 0 Å². The molecule has 0 aliphatic heterocycles. The van der Waals surface area contributed by atoms with Gasteiger partial charge in [-0.15, -0.1) is 0 Å². The van der Waals surface area contributed by atoms with Crippen LogP contribution in [0.1, 0.15) is 76.5 Å². The third kappa shape index (κ3) is 3.62. The van der Waals surface area contributed by atoms with Crippen molar-refractivity contribution in [2.75, 3.05) is 0 Å². The summed E-state index contributed by atoms with van der Waals surface area (Å²) in [6.07, 6.45) is -0.447. The molecule has 5 atom stereocenters. The zero-order valence-corrected chi connectivity index (χ0v) is 21.6. The number of phenols is 1. The van der Waals surface area contributed by atoms with Crippen molar-refractivity contribution < 1.29 is 39.6 Å². The molecule has 198 valence electrons. The summed E-state index contributed by atoms with van der Waals surface area (Å²) >= 11 is 0. The first-order valence-electron chi connectivity index (χ1n) is 12.4.